The van der Waals surface area contributed by atoms with Crippen molar-refractivity contribution in [3.05, 3.63) is 88.0 Å². The van der Waals surface area contributed by atoms with Crippen molar-refractivity contribution in [3.8, 4) is 11.5 Å². The Hall–Kier alpha value is -4.34. The number of aryl methyl sites for hydroxylation is 1. The summed E-state index contributed by atoms with van der Waals surface area (Å²) in [5.41, 5.74) is 3.15. The van der Waals surface area contributed by atoms with E-state index in [0.29, 0.717) is 35.0 Å². The molecule has 10 heteroatoms. The van der Waals surface area contributed by atoms with Crippen LogP contribution in [0.1, 0.15) is 27.3 Å². The Morgan fingerprint density at radius 3 is 2.84 bits per heavy atom. The van der Waals surface area contributed by atoms with E-state index >= 15 is 0 Å². The van der Waals surface area contributed by atoms with Crippen LogP contribution in [0.3, 0.4) is 0 Å². The predicted molar refractivity (Wildman–Crippen MR) is 119 cm³/mol. The highest BCUT2D eigenvalue weighted by Crippen LogP contribution is 2.15. The molecule has 0 atom stereocenters. The highest BCUT2D eigenvalue weighted by molar-refractivity contribution is 5.95. The third-order valence-corrected chi connectivity index (χ3v) is 4.92. The number of carbonyl (C=O) groups is 1. The average Bonchev–Trinajstić information content (AvgIpc) is 3.19. The molecule has 3 aromatic heterocycles. The predicted octanol–water partition coefficient (Wildman–Crippen LogP) is 1.81. The average molecular weight is 430 g/mol. The largest absolute Gasteiger partial charge is 0.378 e. The molecule has 0 unspecified atom stereocenters. The van der Waals surface area contributed by atoms with E-state index in [0.717, 1.165) is 11.3 Å². The monoisotopic (exact) mass is 430 g/mol. The Kier molecular flexibility index (Phi) is 6.02. The van der Waals surface area contributed by atoms with Gasteiger partial charge in [0.1, 0.15) is 12.0 Å². The zero-order valence-electron chi connectivity index (χ0n) is 17.7. The maximum absolute atomic E-state index is 12.6. The zero-order valence-corrected chi connectivity index (χ0v) is 17.7. The maximum atomic E-state index is 12.6. The van der Waals surface area contributed by atoms with Crippen molar-refractivity contribution in [1.82, 2.24) is 35.0 Å². The third kappa shape index (κ3) is 4.69. The van der Waals surface area contributed by atoms with Crippen LogP contribution in [0.5, 0.6) is 0 Å². The summed E-state index contributed by atoms with van der Waals surface area (Å²) in [7, 11) is 1.87. The van der Waals surface area contributed by atoms with Gasteiger partial charge in [-0.15, -0.1) is 10.2 Å². The molecule has 0 bridgehead atoms. The number of rotatable bonds is 7. The molecule has 32 heavy (non-hydrogen) atoms. The van der Waals surface area contributed by atoms with Crippen LogP contribution in [-0.4, -0.2) is 35.6 Å². The van der Waals surface area contributed by atoms with Crippen LogP contribution in [0.15, 0.2) is 59.9 Å². The minimum atomic E-state index is -0.265. The first-order chi connectivity index (χ1) is 15.5. The Morgan fingerprint density at radius 1 is 1.16 bits per heavy atom. The van der Waals surface area contributed by atoms with Gasteiger partial charge in [0.25, 0.3) is 11.5 Å². The minimum Gasteiger partial charge on any atom is -0.378 e. The van der Waals surface area contributed by atoms with Gasteiger partial charge in [0, 0.05) is 42.8 Å². The zero-order chi connectivity index (χ0) is 22.5. The number of pyridine rings is 1. The summed E-state index contributed by atoms with van der Waals surface area (Å²) >= 11 is 0. The second-order valence-corrected chi connectivity index (χ2v) is 7.24. The lowest BCUT2D eigenvalue weighted by Crippen LogP contribution is -2.26. The summed E-state index contributed by atoms with van der Waals surface area (Å²) < 4.78 is 1.85. The number of H-pyrrole nitrogens is 1. The molecule has 1 amide bonds. The van der Waals surface area contributed by atoms with Gasteiger partial charge in [-0.3, -0.25) is 9.59 Å². The van der Waals surface area contributed by atoms with Gasteiger partial charge in [0.15, 0.2) is 11.6 Å². The molecule has 0 spiro atoms. The Balaban J connectivity index is 1.40. The fourth-order valence-corrected chi connectivity index (χ4v) is 3.18. The summed E-state index contributed by atoms with van der Waals surface area (Å²) in [6.07, 6.45) is 4.75. The van der Waals surface area contributed by atoms with Gasteiger partial charge in [-0.05, 0) is 42.8 Å². The summed E-state index contributed by atoms with van der Waals surface area (Å²) in [6.45, 7) is 2.45. The molecular formula is C22H22N8O2. The van der Waals surface area contributed by atoms with Gasteiger partial charge in [0.2, 0.25) is 0 Å². The molecule has 4 aromatic rings. The number of nitrogens with one attached hydrogen (secondary N) is 3. The van der Waals surface area contributed by atoms with Crippen LogP contribution >= 0.6 is 0 Å². The lowest BCUT2D eigenvalue weighted by molar-refractivity contribution is 0.0951. The van der Waals surface area contributed by atoms with E-state index in [1.54, 1.807) is 42.7 Å². The van der Waals surface area contributed by atoms with Crippen molar-refractivity contribution < 1.29 is 4.79 Å². The van der Waals surface area contributed by atoms with Crippen molar-refractivity contribution in [2.75, 3.05) is 5.32 Å². The van der Waals surface area contributed by atoms with Crippen LogP contribution < -0.4 is 16.2 Å². The summed E-state index contributed by atoms with van der Waals surface area (Å²) in [5.74, 6) is 1.09. The molecule has 0 aliphatic carbocycles. The van der Waals surface area contributed by atoms with Crippen LogP contribution in [0.2, 0.25) is 0 Å². The van der Waals surface area contributed by atoms with Gasteiger partial charge in [-0.25, -0.2) is 9.97 Å². The van der Waals surface area contributed by atoms with Crippen LogP contribution in [-0.2, 0) is 20.1 Å². The standard InChI is InChI=1S/C22H22N8O2/c1-14-8-16(22(32)25-10-14)11-26-21(31)15-4-3-5-17(9-15)24-12-19-28-29-20(30(19)2)18-6-7-23-13-27-18/h3-10,13,24H,11-12H2,1-2H3,(H,25,32)(H,26,31). The van der Waals surface area contributed by atoms with Gasteiger partial charge in [0.05, 0.1) is 6.54 Å². The van der Waals surface area contributed by atoms with E-state index in [1.165, 1.54) is 6.33 Å². The number of hydrogen-bond acceptors (Lipinski definition) is 7. The smallest absolute Gasteiger partial charge is 0.252 e. The van der Waals surface area contributed by atoms with E-state index in [4.69, 9.17) is 0 Å². The molecule has 0 aliphatic rings. The van der Waals surface area contributed by atoms with Crippen molar-refractivity contribution in [3.63, 3.8) is 0 Å². The summed E-state index contributed by atoms with van der Waals surface area (Å²) in [5, 5.41) is 14.5. The Bertz CT molecular complexity index is 1300. The fourth-order valence-electron chi connectivity index (χ4n) is 3.18. The summed E-state index contributed by atoms with van der Waals surface area (Å²) in [6, 6.07) is 10.7. The van der Waals surface area contributed by atoms with Crippen molar-refractivity contribution in [2.24, 2.45) is 7.05 Å². The molecule has 0 fully saturated rings. The molecule has 3 N–H and O–H groups in total. The van der Waals surface area contributed by atoms with Gasteiger partial charge in [-0.1, -0.05) is 6.07 Å². The van der Waals surface area contributed by atoms with Crippen molar-refractivity contribution in [2.45, 2.75) is 20.0 Å². The van der Waals surface area contributed by atoms with Crippen molar-refractivity contribution in [1.29, 1.82) is 0 Å². The lowest BCUT2D eigenvalue weighted by Gasteiger charge is -2.09. The molecule has 162 valence electrons. The molecule has 0 saturated heterocycles. The van der Waals surface area contributed by atoms with E-state index in [9.17, 15) is 9.59 Å². The highest BCUT2D eigenvalue weighted by Gasteiger charge is 2.12. The lowest BCUT2D eigenvalue weighted by atomic mass is 10.1. The van der Waals surface area contributed by atoms with E-state index in [1.807, 2.05) is 24.6 Å². The summed E-state index contributed by atoms with van der Waals surface area (Å²) in [4.78, 5) is 35.2. The quantitative estimate of drug-likeness (QED) is 0.408. The van der Waals surface area contributed by atoms with Gasteiger partial charge >= 0.3 is 0 Å². The minimum absolute atomic E-state index is 0.151. The molecule has 3 heterocycles. The highest BCUT2D eigenvalue weighted by atomic mass is 16.1. The first-order valence-corrected chi connectivity index (χ1v) is 9.96. The number of aromatic amines is 1. The molecule has 1 aromatic carbocycles. The van der Waals surface area contributed by atoms with Gasteiger partial charge in [-0.2, -0.15) is 0 Å². The number of amides is 1. The normalized spacial score (nSPS) is 10.7. The number of nitrogens with zero attached hydrogens (tertiary/aromatic N) is 5. The number of benzene rings is 1. The first-order valence-electron chi connectivity index (χ1n) is 9.96. The number of anilines is 1. The molecule has 0 saturated carbocycles. The Morgan fingerprint density at radius 2 is 2.03 bits per heavy atom. The first kappa shape index (κ1) is 20.9. The fraction of sp³-hybridized carbons (Fsp3) is 0.182. The second kappa shape index (κ2) is 9.21. The molecule has 0 radical (unpaired) electrons. The van der Waals surface area contributed by atoms with Crippen LogP contribution in [0, 0.1) is 6.92 Å². The molecule has 0 aliphatic heterocycles. The van der Waals surface area contributed by atoms with Crippen LogP contribution in [0.4, 0.5) is 5.69 Å². The molecular weight excluding hydrogens is 408 g/mol. The van der Waals surface area contributed by atoms with E-state index < -0.39 is 0 Å². The number of carbonyl (C=O) groups excluding carboxylic acids is 1. The van der Waals surface area contributed by atoms with Crippen molar-refractivity contribution >= 4 is 11.6 Å². The topological polar surface area (TPSA) is 130 Å². The molecule has 4 rings (SSSR count). The Labute approximate surface area is 183 Å². The van der Waals surface area contributed by atoms with E-state index in [2.05, 4.69) is 35.8 Å². The van der Waals surface area contributed by atoms with Gasteiger partial charge < -0.3 is 20.2 Å². The van der Waals surface area contributed by atoms with E-state index in [-0.39, 0.29) is 18.0 Å². The maximum Gasteiger partial charge on any atom is 0.252 e. The third-order valence-electron chi connectivity index (χ3n) is 4.92. The number of aromatic nitrogens is 6. The van der Waals surface area contributed by atoms with Crippen LogP contribution in [0.25, 0.3) is 11.5 Å². The second-order valence-electron chi connectivity index (χ2n) is 7.24. The SMILES string of the molecule is Cc1c[nH]c(=O)c(CNC(=O)c2cccc(NCc3nnc(-c4ccncn4)n3C)c2)c1. The number of hydrogen-bond donors (Lipinski definition) is 3. The molecule has 10 nitrogen and oxygen atoms in total.